The quantitative estimate of drug-likeness (QED) is 0.798. The molecular formula is C20H28N4O2. The number of rotatable bonds is 6. The average Bonchev–Trinajstić information content (AvgIpc) is 3.02. The molecule has 0 unspecified atom stereocenters. The molecule has 1 aliphatic heterocycles. The highest BCUT2D eigenvalue weighted by Crippen LogP contribution is 2.21. The molecule has 2 heterocycles. The van der Waals surface area contributed by atoms with E-state index in [-0.39, 0.29) is 5.91 Å². The number of amides is 1. The summed E-state index contributed by atoms with van der Waals surface area (Å²) in [6, 6.07) is 7.50. The molecule has 140 valence electrons. The Morgan fingerprint density at radius 2 is 1.88 bits per heavy atom. The molecule has 1 amide bonds. The standard InChI is InChI=1S/C20H28N4O2/c1-4-24-15-17(16(3)21-24)14-22-10-12-23(13-11-22)20(25)18-8-6-7-9-19(18)26-5-2/h6-9,15H,4-5,10-14H2,1-3H3. The molecule has 1 fully saturated rings. The third kappa shape index (κ3) is 4.07. The fourth-order valence-electron chi connectivity index (χ4n) is 3.32. The second kappa shape index (κ2) is 8.36. The number of para-hydroxylation sites is 1. The van der Waals surface area contributed by atoms with Gasteiger partial charge in [-0.05, 0) is 32.9 Å². The normalized spacial score (nSPS) is 15.3. The van der Waals surface area contributed by atoms with E-state index in [1.165, 1.54) is 5.56 Å². The van der Waals surface area contributed by atoms with E-state index in [1.807, 2.05) is 40.8 Å². The molecule has 6 nitrogen and oxygen atoms in total. The molecule has 6 heteroatoms. The topological polar surface area (TPSA) is 50.6 Å². The highest BCUT2D eigenvalue weighted by molar-refractivity contribution is 5.97. The van der Waals surface area contributed by atoms with Gasteiger partial charge in [-0.15, -0.1) is 0 Å². The van der Waals surface area contributed by atoms with E-state index in [2.05, 4.69) is 30.0 Å². The lowest BCUT2D eigenvalue weighted by molar-refractivity contribution is 0.0624. The number of ether oxygens (including phenoxy) is 1. The molecule has 2 aromatic rings. The van der Waals surface area contributed by atoms with Gasteiger partial charge in [0.2, 0.25) is 0 Å². The number of hydrogen-bond acceptors (Lipinski definition) is 4. The van der Waals surface area contributed by atoms with Gasteiger partial charge < -0.3 is 9.64 Å². The van der Waals surface area contributed by atoms with Gasteiger partial charge in [0.25, 0.3) is 5.91 Å². The highest BCUT2D eigenvalue weighted by Gasteiger charge is 2.24. The molecule has 1 aromatic carbocycles. The fraction of sp³-hybridized carbons (Fsp3) is 0.500. The Morgan fingerprint density at radius 1 is 1.15 bits per heavy atom. The number of aryl methyl sites for hydroxylation is 2. The minimum Gasteiger partial charge on any atom is -0.493 e. The van der Waals surface area contributed by atoms with Crippen molar-refractivity contribution in [3.63, 3.8) is 0 Å². The highest BCUT2D eigenvalue weighted by atomic mass is 16.5. The van der Waals surface area contributed by atoms with Crippen LogP contribution in [0.1, 0.15) is 35.5 Å². The summed E-state index contributed by atoms with van der Waals surface area (Å²) in [4.78, 5) is 17.2. The number of carbonyl (C=O) groups excluding carboxylic acids is 1. The fourth-order valence-corrected chi connectivity index (χ4v) is 3.32. The maximum absolute atomic E-state index is 12.9. The zero-order chi connectivity index (χ0) is 18.5. The third-order valence-electron chi connectivity index (χ3n) is 4.84. The number of hydrogen-bond donors (Lipinski definition) is 0. The van der Waals surface area contributed by atoms with Crippen molar-refractivity contribution < 1.29 is 9.53 Å². The van der Waals surface area contributed by atoms with E-state index in [9.17, 15) is 4.79 Å². The lowest BCUT2D eigenvalue weighted by Gasteiger charge is -2.34. The van der Waals surface area contributed by atoms with E-state index >= 15 is 0 Å². The number of piperazine rings is 1. The summed E-state index contributed by atoms with van der Waals surface area (Å²) in [5, 5.41) is 4.52. The number of nitrogens with zero attached hydrogens (tertiary/aromatic N) is 4. The molecule has 26 heavy (non-hydrogen) atoms. The van der Waals surface area contributed by atoms with Crippen molar-refractivity contribution in [1.29, 1.82) is 0 Å². The molecule has 0 radical (unpaired) electrons. The first-order chi connectivity index (χ1) is 12.6. The number of aromatic nitrogens is 2. The first-order valence-electron chi connectivity index (χ1n) is 9.38. The van der Waals surface area contributed by atoms with Gasteiger partial charge in [-0.3, -0.25) is 14.4 Å². The summed E-state index contributed by atoms with van der Waals surface area (Å²) in [5.41, 5.74) is 3.02. The van der Waals surface area contributed by atoms with Crippen molar-refractivity contribution >= 4 is 5.91 Å². The Morgan fingerprint density at radius 3 is 2.54 bits per heavy atom. The summed E-state index contributed by atoms with van der Waals surface area (Å²) in [6.07, 6.45) is 2.13. The zero-order valence-corrected chi connectivity index (χ0v) is 15.9. The molecule has 0 bridgehead atoms. The van der Waals surface area contributed by atoms with Gasteiger partial charge in [0.05, 0.1) is 17.9 Å². The molecule has 0 saturated carbocycles. The van der Waals surface area contributed by atoms with Crippen LogP contribution >= 0.6 is 0 Å². The second-order valence-electron chi connectivity index (χ2n) is 6.59. The van der Waals surface area contributed by atoms with Crippen LogP contribution in [0.2, 0.25) is 0 Å². The second-order valence-corrected chi connectivity index (χ2v) is 6.59. The lowest BCUT2D eigenvalue weighted by Crippen LogP contribution is -2.48. The Labute approximate surface area is 155 Å². The zero-order valence-electron chi connectivity index (χ0n) is 15.9. The molecule has 1 saturated heterocycles. The van der Waals surface area contributed by atoms with E-state index in [0.29, 0.717) is 17.9 Å². The molecule has 1 aliphatic rings. The van der Waals surface area contributed by atoms with Gasteiger partial charge in [0.15, 0.2) is 0 Å². The smallest absolute Gasteiger partial charge is 0.257 e. The molecular weight excluding hydrogens is 328 g/mol. The summed E-state index contributed by atoms with van der Waals surface area (Å²) in [6.45, 7) is 11.7. The first kappa shape index (κ1) is 18.5. The van der Waals surface area contributed by atoms with Gasteiger partial charge in [-0.2, -0.15) is 5.10 Å². The van der Waals surface area contributed by atoms with Crippen LogP contribution in [0.15, 0.2) is 30.5 Å². The minimum absolute atomic E-state index is 0.0590. The van der Waals surface area contributed by atoms with E-state index in [4.69, 9.17) is 4.74 Å². The van der Waals surface area contributed by atoms with Gasteiger partial charge in [0.1, 0.15) is 5.75 Å². The van der Waals surface area contributed by atoms with Crippen LogP contribution in [0.3, 0.4) is 0 Å². The summed E-state index contributed by atoms with van der Waals surface area (Å²) < 4.78 is 7.59. The largest absolute Gasteiger partial charge is 0.493 e. The Bertz CT molecular complexity index is 748. The maximum atomic E-state index is 12.9. The Hall–Kier alpha value is -2.34. The lowest BCUT2D eigenvalue weighted by atomic mass is 10.1. The third-order valence-corrected chi connectivity index (χ3v) is 4.84. The van der Waals surface area contributed by atoms with Crippen LogP contribution < -0.4 is 4.74 Å². The van der Waals surface area contributed by atoms with Crippen LogP contribution in [-0.2, 0) is 13.1 Å². The van der Waals surface area contributed by atoms with Crippen molar-refractivity contribution in [3.05, 3.63) is 47.3 Å². The van der Waals surface area contributed by atoms with E-state index in [1.54, 1.807) is 0 Å². The average molecular weight is 356 g/mol. The molecule has 3 rings (SSSR count). The van der Waals surface area contributed by atoms with Crippen molar-refractivity contribution in [1.82, 2.24) is 19.6 Å². The van der Waals surface area contributed by atoms with E-state index in [0.717, 1.165) is 45.0 Å². The van der Waals surface area contributed by atoms with Crippen LogP contribution in [0.5, 0.6) is 5.75 Å². The first-order valence-corrected chi connectivity index (χ1v) is 9.38. The summed E-state index contributed by atoms with van der Waals surface area (Å²) in [5.74, 6) is 0.730. The molecule has 0 N–H and O–H groups in total. The van der Waals surface area contributed by atoms with Gasteiger partial charge >= 0.3 is 0 Å². The van der Waals surface area contributed by atoms with Crippen molar-refractivity contribution in [2.75, 3.05) is 32.8 Å². The number of carbonyl (C=O) groups is 1. The van der Waals surface area contributed by atoms with Crippen molar-refractivity contribution in [3.8, 4) is 5.75 Å². The van der Waals surface area contributed by atoms with Crippen molar-refractivity contribution in [2.45, 2.75) is 33.9 Å². The van der Waals surface area contributed by atoms with Gasteiger partial charge in [-0.25, -0.2) is 0 Å². The van der Waals surface area contributed by atoms with E-state index < -0.39 is 0 Å². The SMILES string of the molecule is CCOc1ccccc1C(=O)N1CCN(Cc2cn(CC)nc2C)CC1. The summed E-state index contributed by atoms with van der Waals surface area (Å²) in [7, 11) is 0. The van der Waals surface area contributed by atoms with Crippen LogP contribution in [0.4, 0.5) is 0 Å². The van der Waals surface area contributed by atoms with Crippen LogP contribution in [-0.4, -0.2) is 58.3 Å². The minimum atomic E-state index is 0.0590. The predicted octanol–water partition coefficient (Wildman–Crippen LogP) is 2.57. The molecule has 1 aromatic heterocycles. The monoisotopic (exact) mass is 356 g/mol. The molecule has 0 spiro atoms. The molecule has 0 aliphatic carbocycles. The van der Waals surface area contributed by atoms with Crippen molar-refractivity contribution in [2.24, 2.45) is 0 Å². The van der Waals surface area contributed by atoms with Gasteiger partial charge in [0, 0.05) is 51.0 Å². The predicted molar refractivity (Wildman–Crippen MR) is 101 cm³/mol. The molecule has 0 atom stereocenters. The number of benzene rings is 1. The van der Waals surface area contributed by atoms with Gasteiger partial charge in [-0.1, -0.05) is 12.1 Å². The Balaban J connectivity index is 1.59. The summed E-state index contributed by atoms with van der Waals surface area (Å²) >= 11 is 0. The maximum Gasteiger partial charge on any atom is 0.257 e. The Kier molecular flexibility index (Phi) is 5.93. The van der Waals surface area contributed by atoms with Crippen LogP contribution in [0.25, 0.3) is 0 Å². The van der Waals surface area contributed by atoms with Crippen LogP contribution in [0, 0.1) is 6.92 Å².